The third-order valence-corrected chi connectivity index (χ3v) is 4.70. The summed E-state index contributed by atoms with van der Waals surface area (Å²) in [7, 11) is -3.80. The molecule has 0 heterocycles. The smallest absolute Gasteiger partial charge is 0.264 e. The van der Waals surface area contributed by atoms with Crippen molar-refractivity contribution in [3.05, 3.63) is 35.4 Å². The fourth-order valence-corrected chi connectivity index (χ4v) is 3.25. The molecule has 0 aliphatic heterocycles. The van der Waals surface area contributed by atoms with E-state index in [1.165, 1.54) is 11.1 Å². The van der Waals surface area contributed by atoms with Gasteiger partial charge < -0.3 is 0 Å². The fraction of sp³-hybridized carbons (Fsp3) is 0.571. The first-order valence-corrected chi connectivity index (χ1v) is 9.07. The average molecular weight is 302 g/mol. The van der Waals surface area contributed by atoms with Gasteiger partial charge in [-0.3, -0.25) is 4.55 Å². The van der Waals surface area contributed by atoms with Crippen LogP contribution in [0.1, 0.15) is 38.3 Å². The first kappa shape index (κ1) is 16.5. The summed E-state index contributed by atoms with van der Waals surface area (Å²) in [6.07, 6.45) is 0.490. The van der Waals surface area contributed by atoms with Crippen molar-refractivity contribution in [3.63, 3.8) is 0 Å². The molecule has 0 radical (unpaired) electrons. The quantitative estimate of drug-likeness (QED) is 0.645. The van der Waals surface area contributed by atoms with E-state index >= 15 is 0 Å². The van der Waals surface area contributed by atoms with Gasteiger partial charge in [0.2, 0.25) is 0 Å². The van der Waals surface area contributed by atoms with Gasteiger partial charge in [0.05, 0.1) is 5.75 Å². The fourth-order valence-electron chi connectivity index (χ4n) is 1.63. The van der Waals surface area contributed by atoms with Gasteiger partial charge in [-0.2, -0.15) is 20.2 Å². The Morgan fingerprint density at radius 1 is 1.16 bits per heavy atom. The molecule has 1 aromatic rings. The highest BCUT2D eigenvalue weighted by molar-refractivity contribution is 7.98. The zero-order chi connectivity index (χ0) is 14.5. The summed E-state index contributed by atoms with van der Waals surface area (Å²) < 4.78 is 29.7. The van der Waals surface area contributed by atoms with Crippen molar-refractivity contribution < 1.29 is 13.0 Å². The Morgan fingerprint density at radius 3 is 2.21 bits per heavy atom. The number of hydrogen-bond donors (Lipinski definition) is 1. The van der Waals surface area contributed by atoms with E-state index in [0.29, 0.717) is 6.42 Å². The van der Waals surface area contributed by atoms with Gasteiger partial charge in [-0.25, -0.2) is 0 Å². The number of hydrogen-bond acceptors (Lipinski definition) is 3. The van der Waals surface area contributed by atoms with Gasteiger partial charge in [0.15, 0.2) is 0 Å². The van der Waals surface area contributed by atoms with Crippen LogP contribution in [-0.4, -0.2) is 24.5 Å². The van der Waals surface area contributed by atoms with E-state index in [2.05, 4.69) is 45.0 Å². The zero-order valence-electron chi connectivity index (χ0n) is 11.7. The third-order valence-electron chi connectivity index (χ3n) is 2.78. The Morgan fingerprint density at radius 2 is 1.74 bits per heavy atom. The molecule has 108 valence electrons. The molecule has 0 saturated heterocycles. The second kappa shape index (κ2) is 6.77. The van der Waals surface area contributed by atoms with Crippen molar-refractivity contribution >= 4 is 21.9 Å². The molecule has 0 fully saturated rings. The van der Waals surface area contributed by atoms with Crippen molar-refractivity contribution in [1.82, 2.24) is 0 Å². The summed E-state index contributed by atoms with van der Waals surface area (Å²) in [6, 6.07) is 8.54. The lowest BCUT2D eigenvalue weighted by molar-refractivity contribution is 0.482. The Kier molecular flexibility index (Phi) is 5.89. The lowest BCUT2D eigenvalue weighted by atomic mass is 9.87. The maximum absolute atomic E-state index is 10.5. The molecule has 1 rings (SSSR count). The van der Waals surface area contributed by atoms with Crippen LogP contribution in [0.2, 0.25) is 0 Å². The van der Waals surface area contributed by atoms with Crippen LogP contribution >= 0.6 is 11.8 Å². The minimum atomic E-state index is -3.80. The summed E-state index contributed by atoms with van der Waals surface area (Å²) in [5.41, 5.74) is 2.72. The third kappa shape index (κ3) is 6.99. The predicted octanol–water partition coefficient (Wildman–Crippen LogP) is 3.50. The van der Waals surface area contributed by atoms with Crippen molar-refractivity contribution in [1.29, 1.82) is 0 Å². The Labute approximate surface area is 120 Å². The normalized spacial score (nSPS) is 12.6. The van der Waals surface area contributed by atoms with Crippen LogP contribution in [-0.2, 0) is 21.3 Å². The van der Waals surface area contributed by atoms with E-state index < -0.39 is 10.1 Å². The van der Waals surface area contributed by atoms with Gasteiger partial charge in [-0.1, -0.05) is 45.0 Å². The van der Waals surface area contributed by atoms with Crippen molar-refractivity contribution in [2.75, 3.05) is 11.5 Å². The molecule has 0 bridgehead atoms. The first-order chi connectivity index (χ1) is 8.68. The molecule has 0 atom stereocenters. The van der Waals surface area contributed by atoms with E-state index in [-0.39, 0.29) is 11.2 Å². The molecule has 0 amide bonds. The SMILES string of the molecule is CC(C)(C)c1ccc(CSCCCS(=O)(=O)O)cc1. The van der Waals surface area contributed by atoms with Crippen LogP contribution in [0.4, 0.5) is 0 Å². The van der Waals surface area contributed by atoms with Gasteiger partial charge in [0, 0.05) is 5.75 Å². The van der Waals surface area contributed by atoms with Crippen LogP contribution < -0.4 is 0 Å². The van der Waals surface area contributed by atoms with Crippen molar-refractivity contribution in [2.45, 2.75) is 38.4 Å². The molecule has 5 heteroatoms. The standard InChI is InChI=1S/C14H22O3S2/c1-14(2,3)13-7-5-12(6-8-13)11-18-9-4-10-19(15,16)17/h5-8H,4,9-11H2,1-3H3,(H,15,16,17). The van der Waals surface area contributed by atoms with Crippen LogP contribution in [0, 0.1) is 0 Å². The second-order valence-electron chi connectivity index (χ2n) is 5.64. The second-order valence-corrected chi connectivity index (χ2v) is 8.32. The molecular formula is C14H22O3S2. The molecule has 3 nitrogen and oxygen atoms in total. The highest BCUT2D eigenvalue weighted by Crippen LogP contribution is 2.23. The summed E-state index contributed by atoms with van der Waals surface area (Å²) in [4.78, 5) is 0. The van der Waals surface area contributed by atoms with Crippen LogP contribution in [0.3, 0.4) is 0 Å². The number of benzene rings is 1. The van der Waals surface area contributed by atoms with E-state index in [1.54, 1.807) is 11.8 Å². The van der Waals surface area contributed by atoms with Gasteiger partial charge in [-0.05, 0) is 28.7 Å². The maximum atomic E-state index is 10.5. The van der Waals surface area contributed by atoms with Crippen molar-refractivity contribution in [2.24, 2.45) is 0 Å². The minimum Gasteiger partial charge on any atom is -0.286 e. The van der Waals surface area contributed by atoms with Crippen molar-refractivity contribution in [3.8, 4) is 0 Å². The van der Waals surface area contributed by atoms with Crippen LogP contribution in [0.15, 0.2) is 24.3 Å². The van der Waals surface area contributed by atoms with E-state index in [4.69, 9.17) is 4.55 Å². The molecule has 0 unspecified atom stereocenters. The lowest BCUT2D eigenvalue weighted by Gasteiger charge is -2.19. The summed E-state index contributed by atoms with van der Waals surface area (Å²) in [5.74, 6) is 1.46. The van der Waals surface area contributed by atoms with E-state index in [9.17, 15) is 8.42 Å². The van der Waals surface area contributed by atoms with Gasteiger partial charge in [-0.15, -0.1) is 0 Å². The molecule has 0 saturated carbocycles. The average Bonchev–Trinajstić information content (AvgIpc) is 2.26. The van der Waals surface area contributed by atoms with E-state index in [1.807, 2.05) is 0 Å². The molecule has 0 aliphatic rings. The number of thioether (sulfide) groups is 1. The molecular weight excluding hydrogens is 280 g/mol. The first-order valence-electron chi connectivity index (χ1n) is 6.31. The monoisotopic (exact) mass is 302 g/mol. The van der Waals surface area contributed by atoms with Gasteiger partial charge in [0.1, 0.15) is 0 Å². The summed E-state index contributed by atoms with van der Waals surface area (Å²) >= 11 is 1.68. The van der Waals surface area contributed by atoms with Crippen LogP contribution in [0.5, 0.6) is 0 Å². The Hall–Kier alpha value is -0.520. The molecule has 1 aromatic carbocycles. The minimum absolute atomic E-state index is 0.150. The molecule has 0 aromatic heterocycles. The maximum Gasteiger partial charge on any atom is 0.264 e. The summed E-state index contributed by atoms with van der Waals surface area (Å²) in [5, 5.41) is 0. The molecule has 19 heavy (non-hydrogen) atoms. The Balaban J connectivity index is 2.35. The predicted molar refractivity (Wildman–Crippen MR) is 82.3 cm³/mol. The lowest BCUT2D eigenvalue weighted by Crippen LogP contribution is -2.10. The summed E-state index contributed by atoms with van der Waals surface area (Å²) in [6.45, 7) is 6.56. The molecule has 1 N–H and O–H groups in total. The zero-order valence-corrected chi connectivity index (χ0v) is 13.4. The highest BCUT2D eigenvalue weighted by atomic mass is 32.2. The van der Waals surface area contributed by atoms with Gasteiger partial charge >= 0.3 is 0 Å². The molecule has 0 spiro atoms. The topological polar surface area (TPSA) is 54.4 Å². The van der Waals surface area contributed by atoms with Gasteiger partial charge in [0.25, 0.3) is 10.1 Å². The Bertz CT molecular complexity index is 484. The molecule has 0 aliphatic carbocycles. The largest absolute Gasteiger partial charge is 0.286 e. The highest BCUT2D eigenvalue weighted by Gasteiger charge is 2.12. The van der Waals surface area contributed by atoms with Crippen LogP contribution in [0.25, 0.3) is 0 Å². The van der Waals surface area contributed by atoms with E-state index in [0.717, 1.165) is 11.5 Å². The number of rotatable bonds is 6.